The molecule has 0 aromatic heterocycles. The molecule has 0 aliphatic carbocycles. The zero-order valence-corrected chi connectivity index (χ0v) is 24.0. The van der Waals surface area contributed by atoms with E-state index in [4.69, 9.17) is 14.5 Å². The highest BCUT2D eigenvalue weighted by atomic mass is 32.2. The largest absolute Gasteiger partial charge is 0.495 e. The number of carbonyl (C=O) groups excluding carboxylic acids is 2. The van der Waals surface area contributed by atoms with Gasteiger partial charge in [0.15, 0.2) is 5.17 Å². The molecule has 10 nitrogen and oxygen atoms in total. The fourth-order valence-corrected chi connectivity index (χ4v) is 7.16. The summed E-state index contributed by atoms with van der Waals surface area (Å²) in [5.74, 6) is 0.0825. The topological polar surface area (TPSA) is 118 Å². The Balaban J connectivity index is 1.53. The standard InChI is InChI=1S/C27H34N4O6S2/c1-4-20(5-2)31-26(33)24(18-25(32)29-22-8-6-7-9-23(22)36-3)38-27(31)28-19-10-12-21(13-11-19)39(34,35)30-14-16-37-17-15-30/h6-13,20,24H,4-5,14-18H2,1-3H3,(H,29,32)/t24-/m0/s1. The number of amidine groups is 1. The minimum atomic E-state index is -3.62. The monoisotopic (exact) mass is 574 g/mol. The Morgan fingerprint density at radius 2 is 1.79 bits per heavy atom. The van der Waals surface area contributed by atoms with Crippen molar-refractivity contribution in [2.75, 3.05) is 38.7 Å². The van der Waals surface area contributed by atoms with Gasteiger partial charge in [-0.15, -0.1) is 0 Å². The van der Waals surface area contributed by atoms with Crippen LogP contribution in [0.3, 0.4) is 0 Å². The summed E-state index contributed by atoms with van der Waals surface area (Å²) < 4.78 is 37.9. The van der Waals surface area contributed by atoms with Gasteiger partial charge < -0.3 is 14.8 Å². The van der Waals surface area contributed by atoms with Crippen molar-refractivity contribution in [1.82, 2.24) is 9.21 Å². The van der Waals surface area contributed by atoms with E-state index in [9.17, 15) is 18.0 Å². The first-order valence-corrected chi connectivity index (χ1v) is 15.3. The lowest BCUT2D eigenvalue weighted by molar-refractivity contribution is -0.129. The normalized spacial score (nSPS) is 19.6. The van der Waals surface area contributed by atoms with Crippen LogP contribution in [0.1, 0.15) is 33.1 Å². The number of hydrogen-bond donors (Lipinski definition) is 1. The summed E-state index contributed by atoms with van der Waals surface area (Å²) in [4.78, 5) is 32.9. The van der Waals surface area contributed by atoms with Crippen LogP contribution < -0.4 is 10.1 Å². The maximum atomic E-state index is 13.5. The first kappa shape index (κ1) is 29.1. The fraction of sp³-hybridized carbons (Fsp3) is 0.444. The number of carbonyl (C=O) groups is 2. The Labute approximate surface area is 233 Å². The third-order valence-electron chi connectivity index (χ3n) is 6.70. The Hall–Kier alpha value is -2.93. The number of nitrogens with one attached hydrogen (secondary N) is 1. The van der Waals surface area contributed by atoms with E-state index in [1.807, 2.05) is 19.9 Å². The summed E-state index contributed by atoms with van der Waals surface area (Å²) in [5, 5.41) is 2.72. The summed E-state index contributed by atoms with van der Waals surface area (Å²) in [7, 11) is -2.09. The van der Waals surface area contributed by atoms with Crippen molar-refractivity contribution in [1.29, 1.82) is 0 Å². The first-order chi connectivity index (χ1) is 18.8. The number of thioether (sulfide) groups is 1. The molecule has 2 aromatic carbocycles. The van der Waals surface area contributed by atoms with Gasteiger partial charge in [-0.25, -0.2) is 13.4 Å². The van der Waals surface area contributed by atoms with E-state index in [2.05, 4.69) is 5.32 Å². The van der Waals surface area contributed by atoms with Gasteiger partial charge in [0.1, 0.15) is 11.0 Å². The second kappa shape index (κ2) is 12.9. The van der Waals surface area contributed by atoms with Crippen LogP contribution in [0, 0.1) is 0 Å². The van der Waals surface area contributed by atoms with Gasteiger partial charge in [-0.05, 0) is 49.2 Å². The van der Waals surface area contributed by atoms with Crippen molar-refractivity contribution in [3.8, 4) is 5.75 Å². The van der Waals surface area contributed by atoms with Crippen molar-refractivity contribution < 1.29 is 27.5 Å². The van der Waals surface area contributed by atoms with E-state index in [-0.39, 0.29) is 29.2 Å². The molecule has 2 aliphatic heterocycles. The molecule has 0 bridgehead atoms. The predicted octanol–water partition coefficient (Wildman–Crippen LogP) is 3.87. The molecular weight excluding hydrogens is 540 g/mol. The maximum absolute atomic E-state index is 13.5. The van der Waals surface area contributed by atoms with E-state index in [0.717, 1.165) is 12.8 Å². The molecule has 0 unspecified atom stereocenters. The summed E-state index contributed by atoms with van der Waals surface area (Å²) in [6.45, 7) is 5.41. The quantitative estimate of drug-likeness (QED) is 0.458. The van der Waals surface area contributed by atoms with Crippen molar-refractivity contribution in [2.45, 2.75) is 49.3 Å². The van der Waals surface area contributed by atoms with Gasteiger partial charge in [0.2, 0.25) is 21.8 Å². The van der Waals surface area contributed by atoms with Crippen LogP contribution in [-0.2, 0) is 24.3 Å². The number of amides is 2. The zero-order valence-electron chi connectivity index (χ0n) is 22.3. The number of methoxy groups -OCH3 is 1. The molecule has 1 atom stereocenters. The molecule has 2 saturated heterocycles. The van der Waals surface area contributed by atoms with Gasteiger partial charge in [0.25, 0.3) is 0 Å². The minimum absolute atomic E-state index is 0.0199. The lowest BCUT2D eigenvalue weighted by Gasteiger charge is -2.26. The zero-order chi connectivity index (χ0) is 28.0. The van der Waals surface area contributed by atoms with Crippen molar-refractivity contribution >= 4 is 50.1 Å². The molecule has 2 aromatic rings. The average Bonchev–Trinajstić information content (AvgIpc) is 3.24. The predicted molar refractivity (Wildman–Crippen MR) is 152 cm³/mol. The second-order valence-corrected chi connectivity index (χ2v) is 12.3. The molecule has 0 radical (unpaired) electrons. The van der Waals surface area contributed by atoms with Crippen LogP contribution in [0.15, 0.2) is 58.4 Å². The molecule has 2 fully saturated rings. The molecule has 39 heavy (non-hydrogen) atoms. The number of aliphatic imine (C=N–C) groups is 1. The van der Waals surface area contributed by atoms with Crippen molar-refractivity contribution in [3.05, 3.63) is 48.5 Å². The van der Waals surface area contributed by atoms with Crippen LogP contribution in [-0.4, -0.2) is 79.3 Å². The lowest BCUT2D eigenvalue weighted by atomic mass is 10.1. The summed E-state index contributed by atoms with van der Waals surface area (Å²) in [6.07, 6.45) is 1.45. The van der Waals surface area contributed by atoms with E-state index in [1.165, 1.54) is 35.3 Å². The highest BCUT2D eigenvalue weighted by Crippen LogP contribution is 2.35. The van der Waals surface area contributed by atoms with Crippen LogP contribution >= 0.6 is 11.8 Å². The number of rotatable bonds is 10. The summed E-state index contributed by atoms with van der Waals surface area (Å²) >= 11 is 1.26. The van der Waals surface area contributed by atoms with E-state index in [0.29, 0.717) is 48.6 Å². The Morgan fingerprint density at radius 3 is 2.44 bits per heavy atom. The summed E-state index contributed by atoms with van der Waals surface area (Å²) in [5.41, 5.74) is 1.07. The van der Waals surface area contributed by atoms with Crippen LogP contribution in [0.25, 0.3) is 0 Å². The first-order valence-electron chi connectivity index (χ1n) is 13.0. The number of sulfonamides is 1. The van der Waals surface area contributed by atoms with Gasteiger partial charge in [-0.3, -0.25) is 14.5 Å². The minimum Gasteiger partial charge on any atom is -0.495 e. The van der Waals surface area contributed by atoms with Gasteiger partial charge in [-0.1, -0.05) is 37.7 Å². The maximum Gasteiger partial charge on any atom is 0.243 e. The number of morpholine rings is 1. The molecule has 4 rings (SSSR count). The Morgan fingerprint density at radius 1 is 1.13 bits per heavy atom. The number of hydrogen-bond acceptors (Lipinski definition) is 8. The smallest absolute Gasteiger partial charge is 0.243 e. The van der Waals surface area contributed by atoms with E-state index >= 15 is 0 Å². The van der Waals surface area contributed by atoms with Crippen molar-refractivity contribution in [2.24, 2.45) is 4.99 Å². The second-order valence-electron chi connectivity index (χ2n) is 9.14. The molecule has 12 heteroatoms. The molecule has 2 amide bonds. The van der Waals surface area contributed by atoms with Gasteiger partial charge in [0, 0.05) is 25.6 Å². The third kappa shape index (κ3) is 6.63. The van der Waals surface area contributed by atoms with Crippen LogP contribution in [0.2, 0.25) is 0 Å². The van der Waals surface area contributed by atoms with Gasteiger partial charge >= 0.3 is 0 Å². The molecular formula is C27H34N4O6S2. The molecule has 210 valence electrons. The highest BCUT2D eigenvalue weighted by molar-refractivity contribution is 8.15. The van der Waals surface area contributed by atoms with Gasteiger partial charge in [0.05, 0.1) is 36.6 Å². The summed E-state index contributed by atoms with van der Waals surface area (Å²) in [6, 6.07) is 13.4. The van der Waals surface area contributed by atoms with Gasteiger partial charge in [-0.2, -0.15) is 4.31 Å². The van der Waals surface area contributed by atoms with E-state index in [1.54, 1.807) is 35.2 Å². The Kier molecular flexibility index (Phi) is 9.65. The van der Waals surface area contributed by atoms with Crippen LogP contribution in [0.5, 0.6) is 5.75 Å². The number of anilines is 1. The number of nitrogens with zero attached hydrogens (tertiary/aromatic N) is 3. The highest BCUT2D eigenvalue weighted by Gasteiger charge is 2.42. The molecule has 2 heterocycles. The van der Waals surface area contributed by atoms with Crippen LogP contribution in [0.4, 0.5) is 11.4 Å². The molecule has 1 N–H and O–H groups in total. The van der Waals surface area contributed by atoms with Crippen molar-refractivity contribution in [3.63, 3.8) is 0 Å². The number of benzene rings is 2. The number of ether oxygens (including phenoxy) is 2. The molecule has 2 aliphatic rings. The fourth-order valence-electron chi connectivity index (χ4n) is 4.54. The Bertz CT molecular complexity index is 1310. The number of para-hydroxylation sites is 2. The molecule has 0 spiro atoms. The van der Waals surface area contributed by atoms with E-state index < -0.39 is 15.3 Å². The SMILES string of the molecule is CCC(CC)N1C(=O)[C@H](CC(=O)Nc2ccccc2OC)SC1=Nc1ccc(S(=O)(=O)N2CCOCC2)cc1. The molecule has 0 saturated carbocycles. The third-order valence-corrected chi connectivity index (χ3v) is 9.76. The lowest BCUT2D eigenvalue weighted by Crippen LogP contribution is -2.41. The average molecular weight is 575 g/mol.